The summed E-state index contributed by atoms with van der Waals surface area (Å²) in [7, 11) is 0. The van der Waals surface area contributed by atoms with Crippen molar-refractivity contribution < 1.29 is 0 Å². The molecule has 3 heteroatoms. The van der Waals surface area contributed by atoms with E-state index in [1.165, 1.54) is 31.4 Å². The van der Waals surface area contributed by atoms with E-state index < -0.39 is 0 Å². The van der Waals surface area contributed by atoms with Gasteiger partial charge in [0.1, 0.15) is 5.82 Å². The van der Waals surface area contributed by atoms with Gasteiger partial charge in [-0.2, -0.15) is 0 Å². The minimum atomic E-state index is 0.963. The van der Waals surface area contributed by atoms with Gasteiger partial charge in [0.2, 0.25) is 0 Å². The van der Waals surface area contributed by atoms with Gasteiger partial charge in [0.25, 0.3) is 0 Å². The van der Waals surface area contributed by atoms with Crippen LogP contribution >= 0.6 is 0 Å². The molecule has 0 amide bonds. The van der Waals surface area contributed by atoms with Crippen molar-refractivity contribution >= 4 is 0 Å². The maximum absolute atomic E-state index is 5.98. The lowest BCUT2D eigenvalue weighted by Gasteiger charge is -2.04. The SMILES string of the molecule is CCCCCCc1nc(C)c(CC)n1N. The van der Waals surface area contributed by atoms with Gasteiger partial charge < -0.3 is 5.84 Å². The fraction of sp³-hybridized carbons (Fsp3) is 0.750. The number of nitrogen functional groups attached to an aromatic ring is 1. The predicted octanol–water partition coefficient (Wildman–Crippen LogP) is 2.59. The zero-order valence-electron chi connectivity index (χ0n) is 10.2. The first-order valence-corrected chi connectivity index (χ1v) is 6.02. The van der Waals surface area contributed by atoms with Gasteiger partial charge in [0.15, 0.2) is 0 Å². The Morgan fingerprint density at radius 3 is 2.47 bits per heavy atom. The van der Waals surface area contributed by atoms with Crippen molar-refractivity contribution in [1.82, 2.24) is 9.66 Å². The highest BCUT2D eigenvalue weighted by atomic mass is 15.3. The molecule has 0 aromatic carbocycles. The Bertz CT molecular complexity index is 302. The number of aryl methyl sites for hydroxylation is 2. The van der Waals surface area contributed by atoms with Gasteiger partial charge in [-0.3, -0.25) is 4.68 Å². The van der Waals surface area contributed by atoms with Gasteiger partial charge in [-0.1, -0.05) is 33.1 Å². The van der Waals surface area contributed by atoms with Crippen LogP contribution in [0.15, 0.2) is 0 Å². The molecule has 0 atom stereocenters. The zero-order valence-corrected chi connectivity index (χ0v) is 10.2. The van der Waals surface area contributed by atoms with Gasteiger partial charge in [0, 0.05) is 6.42 Å². The van der Waals surface area contributed by atoms with E-state index >= 15 is 0 Å². The van der Waals surface area contributed by atoms with E-state index in [2.05, 4.69) is 18.8 Å². The third-order valence-electron chi connectivity index (χ3n) is 2.87. The van der Waals surface area contributed by atoms with Crippen LogP contribution in [0, 0.1) is 6.92 Å². The molecule has 0 bridgehead atoms. The molecule has 0 saturated carbocycles. The number of nitrogens with two attached hydrogens (primary N) is 1. The molecule has 0 aliphatic heterocycles. The highest BCUT2D eigenvalue weighted by Gasteiger charge is 2.09. The van der Waals surface area contributed by atoms with Gasteiger partial charge >= 0.3 is 0 Å². The minimum Gasteiger partial charge on any atom is -0.338 e. The van der Waals surface area contributed by atoms with Gasteiger partial charge in [0.05, 0.1) is 11.4 Å². The Kier molecular flexibility index (Phi) is 4.66. The Morgan fingerprint density at radius 2 is 1.93 bits per heavy atom. The van der Waals surface area contributed by atoms with Crippen LogP contribution in [0.2, 0.25) is 0 Å². The summed E-state index contributed by atoms with van der Waals surface area (Å²) < 4.78 is 1.78. The summed E-state index contributed by atoms with van der Waals surface area (Å²) >= 11 is 0. The van der Waals surface area contributed by atoms with Gasteiger partial charge in [-0.25, -0.2) is 4.98 Å². The highest BCUT2D eigenvalue weighted by molar-refractivity contribution is 5.16. The standard InChI is InChI=1S/C12H23N3/c1-4-6-7-8-9-12-14-10(3)11(5-2)15(12)13/h4-9,13H2,1-3H3. The van der Waals surface area contributed by atoms with Crippen molar-refractivity contribution in [2.24, 2.45) is 0 Å². The van der Waals surface area contributed by atoms with Gasteiger partial charge in [-0.15, -0.1) is 0 Å². The number of unbranched alkanes of at least 4 members (excludes halogenated alkanes) is 3. The summed E-state index contributed by atoms with van der Waals surface area (Å²) in [6.45, 7) is 6.38. The van der Waals surface area contributed by atoms with Crippen molar-refractivity contribution in [2.75, 3.05) is 5.84 Å². The number of rotatable bonds is 6. The molecule has 2 N–H and O–H groups in total. The van der Waals surface area contributed by atoms with E-state index in [9.17, 15) is 0 Å². The smallest absolute Gasteiger partial charge is 0.127 e. The topological polar surface area (TPSA) is 43.8 Å². The molecular weight excluding hydrogens is 186 g/mol. The largest absolute Gasteiger partial charge is 0.338 e. The van der Waals surface area contributed by atoms with Crippen LogP contribution in [0.4, 0.5) is 0 Å². The van der Waals surface area contributed by atoms with Crippen LogP contribution in [0.3, 0.4) is 0 Å². The summed E-state index contributed by atoms with van der Waals surface area (Å²) in [5.74, 6) is 7.03. The second kappa shape index (κ2) is 5.79. The number of hydrogen-bond donors (Lipinski definition) is 1. The van der Waals surface area contributed by atoms with Crippen LogP contribution in [0.1, 0.15) is 56.7 Å². The summed E-state index contributed by atoms with van der Waals surface area (Å²) in [5.41, 5.74) is 2.26. The molecule has 3 nitrogen and oxygen atoms in total. The number of hydrogen-bond acceptors (Lipinski definition) is 2. The highest BCUT2D eigenvalue weighted by Crippen LogP contribution is 2.11. The second-order valence-electron chi connectivity index (χ2n) is 4.09. The van der Waals surface area contributed by atoms with E-state index in [0.717, 1.165) is 24.4 Å². The molecule has 1 heterocycles. The average Bonchev–Trinajstić information content (AvgIpc) is 2.49. The van der Waals surface area contributed by atoms with Crippen LogP contribution < -0.4 is 5.84 Å². The molecule has 1 aromatic heterocycles. The van der Waals surface area contributed by atoms with Crippen LogP contribution in [0.25, 0.3) is 0 Å². The lowest BCUT2D eigenvalue weighted by molar-refractivity contribution is 0.641. The number of nitrogens with zero attached hydrogens (tertiary/aromatic N) is 2. The molecule has 0 fully saturated rings. The average molecular weight is 209 g/mol. The molecule has 0 aliphatic carbocycles. The van der Waals surface area contributed by atoms with E-state index in [1.54, 1.807) is 4.68 Å². The molecule has 86 valence electrons. The normalized spacial score (nSPS) is 10.9. The summed E-state index contributed by atoms with van der Waals surface area (Å²) in [5, 5.41) is 0. The Balaban J connectivity index is 2.54. The molecular formula is C12H23N3. The van der Waals surface area contributed by atoms with Crippen LogP contribution in [-0.4, -0.2) is 9.66 Å². The third kappa shape index (κ3) is 2.98. The summed E-state index contributed by atoms with van der Waals surface area (Å²) in [6, 6.07) is 0. The first-order valence-electron chi connectivity index (χ1n) is 6.02. The zero-order chi connectivity index (χ0) is 11.3. The fourth-order valence-corrected chi connectivity index (χ4v) is 1.95. The van der Waals surface area contributed by atoms with E-state index in [4.69, 9.17) is 5.84 Å². The quantitative estimate of drug-likeness (QED) is 0.578. The molecule has 0 saturated heterocycles. The monoisotopic (exact) mass is 209 g/mol. The molecule has 0 radical (unpaired) electrons. The predicted molar refractivity (Wildman–Crippen MR) is 64.3 cm³/mol. The van der Waals surface area contributed by atoms with Crippen molar-refractivity contribution in [3.05, 3.63) is 17.2 Å². The minimum absolute atomic E-state index is 0.963. The number of aromatic nitrogens is 2. The molecule has 1 rings (SSSR count). The van der Waals surface area contributed by atoms with Gasteiger partial charge in [-0.05, 0) is 19.8 Å². The van der Waals surface area contributed by atoms with Crippen molar-refractivity contribution in [3.63, 3.8) is 0 Å². The molecule has 1 aromatic rings. The Morgan fingerprint density at radius 1 is 1.20 bits per heavy atom. The van der Waals surface area contributed by atoms with Crippen molar-refractivity contribution in [1.29, 1.82) is 0 Å². The maximum Gasteiger partial charge on any atom is 0.127 e. The molecule has 0 spiro atoms. The first-order chi connectivity index (χ1) is 7.20. The molecule has 0 aliphatic rings. The van der Waals surface area contributed by atoms with Crippen molar-refractivity contribution in [2.45, 2.75) is 59.3 Å². The third-order valence-corrected chi connectivity index (χ3v) is 2.87. The Labute approximate surface area is 92.7 Å². The maximum atomic E-state index is 5.98. The van der Waals surface area contributed by atoms with Crippen LogP contribution in [-0.2, 0) is 12.8 Å². The van der Waals surface area contributed by atoms with Crippen LogP contribution in [0.5, 0.6) is 0 Å². The second-order valence-corrected chi connectivity index (χ2v) is 4.09. The number of imidazole rings is 1. The van der Waals surface area contributed by atoms with E-state index in [0.29, 0.717) is 0 Å². The fourth-order valence-electron chi connectivity index (χ4n) is 1.95. The molecule has 0 unspecified atom stereocenters. The summed E-state index contributed by atoms with van der Waals surface area (Å²) in [4.78, 5) is 4.52. The lowest BCUT2D eigenvalue weighted by Crippen LogP contribution is -2.15. The lowest BCUT2D eigenvalue weighted by atomic mass is 10.1. The van der Waals surface area contributed by atoms with Crippen molar-refractivity contribution in [3.8, 4) is 0 Å². The first kappa shape index (κ1) is 12.1. The van der Waals surface area contributed by atoms with E-state index in [-0.39, 0.29) is 0 Å². The summed E-state index contributed by atoms with van der Waals surface area (Å²) in [6.07, 6.45) is 7.04. The Hall–Kier alpha value is -0.990. The molecule has 15 heavy (non-hydrogen) atoms. The van der Waals surface area contributed by atoms with E-state index in [1.807, 2.05) is 6.92 Å².